The molecule has 1 saturated heterocycles. The molecule has 2 aliphatic heterocycles. The molecule has 4 rings (SSSR count). The molecule has 1 aromatic heterocycles. The topological polar surface area (TPSA) is 73.0 Å². The third kappa shape index (κ3) is 3.37. The van der Waals surface area contributed by atoms with Crippen LogP contribution in [0.3, 0.4) is 0 Å². The molecule has 2 aliphatic rings. The maximum atomic E-state index is 13.9. The molecular formula is C18H22FN5O. The van der Waals surface area contributed by atoms with Gasteiger partial charge >= 0.3 is 0 Å². The van der Waals surface area contributed by atoms with Crippen molar-refractivity contribution in [1.82, 2.24) is 15.3 Å². The standard InChI is InChI=1S/C18H22FN5O/c19-14-3-1-2-4-16(14)24-9-6-12(7-10-24)21-18-22-15-11-20-8-5-13(15)17(25)23-18/h1-4,12,20H,5-11H2,(H2,21,22,23,25). The molecule has 132 valence electrons. The normalized spacial score (nSPS) is 18.0. The molecule has 0 atom stereocenters. The van der Waals surface area contributed by atoms with Crippen molar-refractivity contribution in [2.45, 2.75) is 31.8 Å². The van der Waals surface area contributed by atoms with Gasteiger partial charge in [-0.05, 0) is 37.9 Å². The number of piperidine rings is 1. The smallest absolute Gasteiger partial charge is 0.255 e. The van der Waals surface area contributed by atoms with Gasteiger partial charge in [0.25, 0.3) is 5.56 Å². The number of benzene rings is 1. The minimum absolute atomic E-state index is 0.0437. The zero-order valence-corrected chi connectivity index (χ0v) is 14.0. The molecule has 25 heavy (non-hydrogen) atoms. The van der Waals surface area contributed by atoms with Gasteiger partial charge in [0.2, 0.25) is 5.95 Å². The van der Waals surface area contributed by atoms with E-state index in [-0.39, 0.29) is 17.4 Å². The molecule has 0 aliphatic carbocycles. The van der Waals surface area contributed by atoms with Crippen LogP contribution in [0.5, 0.6) is 0 Å². The SMILES string of the molecule is O=c1[nH]c(NC2CCN(c3ccccc3F)CC2)nc2c1CCNC2. The maximum Gasteiger partial charge on any atom is 0.255 e. The molecular weight excluding hydrogens is 321 g/mol. The highest BCUT2D eigenvalue weighted by atomic mass is 19.1. The Labute approximate surface area is 145 Å². The summed E-state index contributed by atoms with van der Waals surface area (Å²) in [4.78, 5) is 21.7. The van der Waals surface area contributed by atoms with Gasteiger partial charge < -0.3 is 15.5 Å². The molecule has 0 saturated carbocycles. The molecule has 2 aromatic rings. The maximum absolute atomic E-state index is 13.9. The monoisotopic (exact) mass is 343 g/mol. The summed E-state index contributed by atoms with van der Waals surface area (Å²) in [5.41, 5.74) is 2.24. The Bertz CT molecular complexity index is 813. The number of aromatic nitrogens is 2. The van der Waals surface area contributed by atoms with E-state index in [1.807, 2.05) is 12.1 Å². The Kier molecular flexibility index (Phi) is 4.40. The lowest BCUT2D eigenvalue weighted by molar-refractivity contribution is 0.513. The highest BCUT2D eigenvalue weighted by Crippen LogP contribution is 2.24. The first-order chi connectivity index (χ1) is 12.2. The van der Waals surface area contributed by atoms with Gasteiger partial charge in [0.05, 0.1) is 11.4 Å². The number of hydrogen-bond acceptors (Lipinski definition) is 5. The number of fused-ring (bicyclic) bond motifs is 1. The zero-order chi connectivity index (χ0) is 17.2. The average molecular weight is 343 g/mol. The van der Waals surface area contributed by atoms with E-state index in [1.54, 1.807) is 6.07 Å². The van der Waals surface area contributed by atoms with E-state index in [4.69, 9.17) is 0 Å². The Morgan fingerprint density at radius 3 is 2.84 bits per heavy atom. The van der Waals surface area contributed by atoms with Crippen molar-refractivity contribution in [3.05, 3.63) is 51.7 Å². The van der Waals surface area contributed by atoms with Gasteiger partial charge in [0.1, 0.15) is 5.82 Å². The fourth-order valence-electron chi connectivity index (χ4n) is 3.60. The number of rotatable bonds is 3. The first kappa shape index (κ1) is 16.1. The van der Waals surface area contributed by atoms with Crippen LogP contribution in [-0.2, 0) is 13.0 Å². The lowest BCUT2D eigenvalue weighted by atomic mass is 10.0. The number of nitrogens with zero attached hydrogens (tertiary/aromatic N) is 2. The fourth-order valence-corrected chi connectivity index (χ4v) is 3.60. The van der Waals surface area contributed by atoms with E-state index in [2.05, 4.69) is 25.5 Å². The van der Waals surface area contributed by atoms with Gasteiger partial charge in [0, 0.05) is 31.2 Å². The minimum atomic E-state index is -0.179. The molecule has 0 radical (unpaired) electrons. The summed E-state index contributed by atoms with van der Waals surface area (Å²) in [7, 11) is 0. The zero-order valence-electron chi connectivity index (χ0n) is 14.0. The van der Waals surface area contributed by atoms with Gasteiger partial charge in [-0.25, -0.2) is 9.37 Å². The molecule has 3 N–H and O–H groups in total. The minimum Gasteiger partial charge on any atom is -0.369 e. The fraction of sp³-hybridized carbons (Fsp3) is 0.444. The number of para-hydroxylation sites is 1. The van der Waals surface area contributed by atoms with E-state index in [0.29, 0.717) is 18.2 Å². The molecule has 0 spiro atoms. The Morgan fingerprint density at radius 1 is 1.24 bits per heavy atom. The van der Waals surface area contributed by atoms with Crippen LogP contribution in [0.2, 0.25) is 0 Å². The molecule has 0 amide bonds. The number of aromatic amines is 1. The summed E-state index contributed by atoms with van der Waals surface area (Å²) in [5, 5.41) is 6.59. The second-order valence-electron chi connectivity index (χ2n) is 6.62. The van der Waals surface area contributed by atoms with E-state index in [1.165, 1.54) is 6.07 Å². The van der Waals surface area contributed by atoms with Crippen LogP contribution >= 0.6 is 0 Å². The van der Waals surface area contributed by atoms with E-state index in [0.717, 1.165) is 50.2 Å². The third-order valence-electron chi connectivity index (χ3n) is 4.97. The largest absolute Gasteiger partial charge is 0.369 e. The van der Waals surface area contributed by atoms with Crippen molar-refractivity contribution in [2.75, 3.05) is 29.9 Å². The first-order valence-corrected chi connectivity index (χ1v) is 8.79. The third-order valence-corrected chi connectivity index (χ3v) is 4.97. The number of nitrogens with one attached hydrogen (secondary N) is 3. The summed E-state index contributed by atoms with van der Waals surface area (Å²) < 4.78 is 13.9. The van der Waals surface area contributed by atoms with Crippen LogP contribution in [-0.4, -0.2) is 35.6 Å². The predicted octanol–water partition coefficient (Wildman–Crippen LogP) is 1.64. The Hall–Kier alpha value is -2.41. The highest BCUT2D eigenvalue weighted by molar-refractivity contribution is 5.48. The van der Waals surface area contributed by atoms with Gasteiger partial charge in [-0.15, -0.1) is 0 Å². The van der Waals surface area contributed by atoms with Gasteiger partial charge in [-0.3, -0.25) is 9.78 Å². The average Bonchev–Trinajstić information content (AvgIpc) is 2.63. The molecule has 3 heterocycles. The van der Waals surface area contributed by atoms with Gasteiger partial charge in [-0.1, -0.05) is 12.1 Å². The van der Waals surface area contributed by atoms with Gasteiger partial charge in [0.15, 0.2) is 0 Å². The lowest BCUT2D eigenvalue weighted by Crippen LogP contribution is -2.40. The van der Waals surface area contributed by atoms with E-state index >= 15 is 0 Å². The molecule has 1 fully saturated rings. The van der Waals surface area contributed by atoms with Crippen molar-refractivity contribution < 1.29 is 4.39 Å². The van der Waals surface area contributed by atoms with Crippen LogP contribution in [0, 0.1) is 5.82 Å². The van der Waals surface area contributed by atoms with Gasteiger partial charge in [-0.2, -0.15) is 0 Å². The highest BCUT2D eigenvalue weighted by Gasteiger charge is 2.22. The van der Waals surface area contributed by atoms with Crippen LogP contribution in [0.25, 0.3) is 0 Å². The molecule has 0 unspecified atom stereocenters. The van der Waals surface area contributed by atoms with Crippen molar-refractivity contribution in [3.63, 3.8) is 0 Å². The summed E-state index contributed by atoms with van der Waals surface area (Å²) in [6.45, 7) is 3.00. The van der Waals surface area contributed by atoms with Crippen molar-refractivity contribution in [2.24, 2.45) is 0 Å². The van der Waals surface area contributed by atoms with Crippen LogP contribution < -0.4 is 21.1 Å². The second kappa shape index (κ2) is 6.84. The molecule has 1 aromatic carbocycles. The number of H-pyrrole nitrogens is 1. The summed E-state index contributed by atoms with van der Waals surface area (Å²) in [5.74, 6) is 0.360. The number of hydrogen-bond donors (Lipinski definition) is 3. The van der Waals surface area contributed by atoms with Crippen LogP contribution in [0.15, 0.2) is 29.1 Å². The summed E-state index contributed by atoms with van der Waals surface area (Å²) in [6.07, 6.45) is 2.46. The summed E-state index contributed by atoms with van der Waals surface area (Å²) >= 11 is 0. The first-order valence-electron chi connectivity index (χ1n) is 8.79. The number of halogens is 1. The number of anilines is 2. The van der Waals surface area contributed by atoms with Crippen LogP contribution in [0.4, 0.5) is 16.0 Å². The van der Waals surface area contributed by atoms with Crippen molar-refractivity contribution >= 4 is 11.6 Å². The van der Waals surface area contributed by atoms with E-state index in [9.17, 15) is 9.18 Å². The lowest BCUT2D eigenvalue weighted by Gasteiger charge is -2.34. The molecule has 0 bridgehead atoms. The van der Waals surface area contributed by atoms with Crippen molar-refractivity contribution in [3.8, 4) is 0 Å². The Balaban J connectivity index is 1.41. The molecule has 7 heteroatoms. The second-order valence-corrected chi connectivity index (χ2v) is 6.62. The Morgan fingerprint density at radius 2 is 2.04 bits per heavy atom. The quantitative estimate of drug-likeness (QED) is 0.790. The molecule has 6 nitrogen and oxygen atoms in total. The predicted molar refractivity (Wildman–Crippen MR) is 95.5 cm³/mol. The van der Waals surface area contributed by atoms with Crippen molar-refractivity contribution in [1.29, 1.82) is 0 Å². The van der Waals surface area contributed by atoms with Crippen LogP contribution in [0.1, 0.15) is 24.1 Å². The van der Waals surface area contributed by atoms with E-state index < -0.39 is 0 Å². The summed E-state index contributed by atoms with van der Waals surface area (Å²) in [6, 6.07) is 7.10.